The van der Waals surface area contributed by atoms with Crippen molar-refractivity contribution >= 4 is 28.6 Å². The van der Waals surface area contributed by atoms with E-state index < -0.39 is 0 Å². The molecule has 1 aliphatic heterocycles. The van der Waals surface area contributed by atoms with Gasteiger partial charge < -0.3 is 14.8 Å². The average Bonchev–Trinajstić information content (AvgIpc) is 3.12. The van der Waals surface area contributed by atoms with E-state index in [0.29, 0.717) is 37.3 Å². The lowest BCUT2D eigenvalue weighted by molar-refractivity contribution is -0.131. The summed E-state index contributed by atoms with van der Waals surface area (Å²) in [7, 11) is 0. The van der Waals surface area contributed by atoms with E-state index >= 15 is 0 Å². The van der Waals surface area contributed by atoms with Crippen molar-refractivity contribution in [1.29, 1.82) is 0 Å². The van der Waals surface area contributed by atoms with Gasteiger partial charge in [0.15, 0.2) is 5.78 Å². The second-order valence-electron chi connectivity index (χ2n) is 7.95. The monoisotopic (exact) mass is 418 g/mol. The van der Waals surface area contributed by atoms with Gasteiger partial charge in [0.1, 0.15) is 0 Å². The summed E-state index contributed by atoms with van der Waals surface area (Å²) in [6.07, 6.45) is 2.72. The fraction of sp³-hybridized carbons (Fsp3) is 0.333. The van der Waals surface area contributed by atoms with Crippen molar-refractivity contribution in [3.05, 3.63) is 65.5 Å². The summed E-state index contributed by atoms with van der Waals surface area (Å²) >= 11 is 0. The maximum Gasteiger partial charge on any atom is 0.253 e. The summed E-state index contributed by atoms with van der Waals surface area (Å²) in [5.74, 6) is -0.0943. The van der Waals surface area contributed by atoms with E-state index in [0.717, 1.165) is 23.0 Å². The van der Waals surface area contributed by atoms with Crippen molar-refractivity contribution in [2.75, 3.05) is 26.2 Å². The molecule has 2 heterocycles. The summed E-state index contributed by atoms with van der Waals surface area (Å²) in [4.78, 5) is 48.7. The summed E-state index contributed by atoms with van der Waals surface area (Å²) in [6, 6.07) is 12.8. The van der Waals surface area contributed by atoms with Gasteiger partial charge in [-0.1, -0.05) is 29.8 Å². The smallest absolute Gasteiger partial charge is 0.253 e. The molecule has 7 heteroatoms. The van der Waals surface area contributed by atoms with Gasteiger partial charge in [0.25, 0.3) is 5.91 Å². The molecule has 7 nitrogen and oxygen atoms in total. The van der Waals surface area contributed by atoms with E-state index in [9.17, 15) is 14.4 Å². The molecule has 4 rings (SSSR count). The van der Waals surface area contributed by atoms with Crippen LogP contribution in [0.3, 0.4) is 0 Å². The highest BCUT2D eigenvalue weighted by molar-refractivity contribution is 5.98. The zero-order valence-corrected chi connectivity index (χ0v) is 17.6. The Hall–Kier alpha value is -3.48. The van der Waals surface area contributed by atoms with Crippen molar-refractivity contribution in [1.82, 2.24) is 19.8 Å². The Kier molecular flexibility index (Phi) is 6.11. The third-order valence-corrected chi connectivity index (χ3v) is 5.74. The van der Waals surface area contributed by atoms with Crippen LogP contribution in [0.25, 0.3) is 11.0 Å². The fourth-order valence-electron chi connectivity index (χ4n) is 3.88. The highest BCUT2D eigenvalue weighted by Gasteiger charge is 2.23. The number of ketones is 1. The number of aromatic amines is 1. The van der Waals surface area contributed by atoms with Crippen molar-refractivity contribution in [2.45, 2.75) is 26.2 Å². The number of carbonyl (C=O) groups is 3. The first-order valence-corrected chi connectivity index (χ1v) is 10.6. The number of imidazole rings is 1. The minimum atomic E-state index is -0.0413. The van der Waals surface area contributed by atoms with Crippen LogP contribution in [-0.2, 0) is 4.79 Å². The standard InChI is InChI=1S/C24H26N4O3/c1-17-3-5-18(6-4-17)22(29)9-10-23(30)27-11-2-12-28(14-13-27)24(31)19-7-8-20-21(15-19)26-16-25-20/h3-8,15-16H,2,9-14H2,1H3,(H,25,26). The third-order valence-electron chi connectivity index (χ3n) is 5.74. The zero-order chi connectivity index (χ0) is 21.8. The predicted octanol–water partition coefficient (Wildman–Crippen LogP) is 3.21. The lowest BCUT2D eigenvalue weighted by atomic mass is 10.0. The van der Waals surface area contributed by atoms with Gasteiger partial charge in [-0.15, -0.1) is 0 Å². The van der Waals surface area contributed by atoms with Crippen LogP contribution in [0.2, 0.25) is 0 Å². The molecule has 2 aromatic carbocycles. The first-order chi connectivity index (χ1) is 15.0. The van der Waals surface area contributed by atoms with Gasteiger partial charge >= 0.3 is 0 Å². The molecule has 1 N–H and O–H groups in total. The second kappa shape index (κ2) is 9.12. The molecule has 0 aliphatic carbocycles. The number of amides is 2. The highest BCUT2D eigenvalue weighted by atomic mass is 16.2. The highest BCUT2D eigenvalue weighted by Crippen LogP contribution is 2.16. The molecule has 0 spiro atoms. The van der Waals surface area contributed by atoms with Crippen LogP contribution in [0.4, 0.5) is 0 Å². The molecule has 0 radical (unpaired) electrons. The molecule has 1 saturated heterocycles. The lowest BCUT2D eigenvalue weighted by Crippen LogP contribution is -2.37. The van der Waals surface area contributed by atoms with Crippen LogP contribution >= 0.6 is 0 Å². The Labute approximate surface area is 181 Å². The SMILES string of the molecule is Cc1ccc(C(=O)CCC(=O)N2CCCN(C(=O)c3ccc4nc[nH]c4c3)CC2)cc1. The van der Waals surface area contributed by atoms with Gasteiger partial charge in [0, 0.05) is 50.1 Å². The average molecular weight is 418 g/mol. The summed E-state index contributed by atoms with van der Waals surface area (Å²) in [5, 5.41) is 0. The van der Waals surface area contributed by atoms with Crippen molar-refractivity contribution in [2.24, 2.45) is 0 Å². The van der Waals surface area contributed by atoms with Crippen LogP contribution in [0.5, 0.6) is 0 Å². The minimum Gasteiger partial charge on any atom is -0.345 e. The van der Waals surface area contributed by atoms with Crippen molar-refractivity contribution in [3.8, 4) is 0 Å². The number of hydrogen-bond acceptors (Lipinski definition) is 4. The number of H-pyrrole nitrogens is 1. The molecule has 0 saturated carbocycles. The number of aromatic nitrogens is 2. The first kappa shape index (κ1) is 20.8. The number of nitrogens with zero attached hydrogens (tertiary/aromatic N) is 3. The Balaban J connectivity index is 1.31. The molecule has 0 atom stereocenters. The van der Waals surface area contributed by atoms with Crippen molar-refractivity contribution < 1.29 is 14.4 Å². The van der Waals surface area contributed by atoms with Crippen LogP contribution in [0, 0.1) is 6.92 Å². The molecule has 160 valence electrons. The Morgan fingerprint density at radius 3 is 2.42 bits per heavy atom. The van der Waals surface area contributed by atoms with Gasteiger partial charge in [0.2, 0.25) is 5.91 Å². The molecule has 1 aliphatic rings. The first-order valence-electron chi connectivity index (χ1n) is 10.6. The van der Waals surface area contributed by atoms with E-state index in [2.05, 4.69) is 9.97 Å². The van der Waals surface area contributed by atoms with E-state index in [1.807, 2.05) is 31.2 Å². The summed E-state index contributed by atoms with van der Waals surface area (Å²) in [5.41, 5.74) is 4.00. The second-order valence-corrected chi connectivity index (χ2v) is 7.95. The van der Waals surface area contributed by atoms with Crippen LogP contribution in [0.1, 0.15) is 45.5 Å². The Bertz CT molecular complexity index is 1100. The maximum absolute atomic E-state index is 12.9. The van der Waals surface area contributed by atoms with E-state index in [-0.39, 0.29) is 30.4 Å². The van der Waals surface area contributed by atoms with E-state index in [1.165, 1.54) is 0 Å². The minimum absolute atomic E-state index is 0.0193. The maximum atomic E-state index is 12.9. The number of aryl methyl sites for hydroxylation is 1. The number of hydrogen-bond donors (Lipinski definition) is 1. The van der Waals surface area contributed by atoms with Gasteiger partial charge in [-0.25, -0.2) is 4.98 Å². The number of benzene rings is 2. The number of carbonyl (C=O) groups excluding carboxylic acids is 3. The zero-order valence-electron chi connectivity index (χ0n) is 17.6. The number of fused-ring (bicyclic) bond motifs is 1. The molecule has 2 amide bonds. The quantitative estimate of drug-likeness (QED) is 0.645. The van der Waals surface area contributed by atoms with Gasteiger partial charge in [0.05, 0.1) is 17.4 Å². The molecule has 0 unspecified atom stereocenters. The van der Waals surface area contributed by atoms with E-state index in [4.69, 9.17) is 0 Å². The van der Waals surface area contributed by atoms with Gasteiger partial charge in [-0.2, -0.15) is 0 Å². The molecular weight excluding hydrogens is 392 g/mol. The van der Waals surface area contributed by atoms with Crippen LogP contribution in [0.15, 0.2) is 48.8 Å². The Morgan fingerprint density at radius 1 is 0.903 bits per heavy atom. The molecule has 3 aromatic rings. The number of Topliss-reactive ketones (excluding diaryl/α,β-unsaturated/α-hetero) is 1. The third kappa shape index (κ3) is 4.82. The molecule has 1 aromatic heterocycles. The largest absolute Gasteiger partial charge is 0.345 e. The van der Waals surface area contributed by atoms with Gasteiger partial charge in [-0.3, -0.25) is 14.4 Å². The number of nitrogens with one attached hydrogen (secondary N) is 1. The Morgan fingerprint density at radius 2 is 1.61 bits per heavy atom. The molecule has 0 bridgehead atoms. The topological polar surface area (TPSA) is 86.4 Å². The molecular formula is C24H26N4O3. The normalized spacial score (nSPS) is 14.5. The van der Waals surface area contributed by atoms with Crippen LogP contribution in [-0.4, -0.2) is 63.5 Å². The fourth-order valence-corrected chi connectivity index (χ4v) is 3.88. The summed E-state index contributed by atoms with van der Waals surface area (Å²) < 4.78 is 0. The summed E-state index contributed by atoms with van der Waals surface area (Å²) in [6.45, 7) is 4.14. The molecule has 1 fully saturated rings. The predicted molar refractivity (Wildman–Crippen MR) is 118 cm³/mol. The number of rotatable bonds is 5. The lowest BCUT2D eigenvalue weighted by Gasteiger charge is -2.22. The van der Waals surface area contributed by atoms with Crippen LogP contribution < -0.4 is 0 Å². The van der Waals surface area contributed by atoms with Gasteiger partial charge in [-0.05, 0) is 31.5 Å². The van der Waals surface area contributed by atoms with Crippen molar-refractivity contribution in [3.63, 3.8) is 0 Å². The molecule has 31 heavy (non-hydrogen) atoms. The van der Waals surface area contributed by atoms with E-state index in [1.54, 1.807) is 34.3 Å².